The van der Waals surface area contributed by atoms with Gasteiger partial charge >= 0.3 is 5.97 Å². The van der Waals surface area contributed by atoms with Crippen molar-refractivity contribution in [1.82, 2.24) is 4.90 Å². The Morgan fingerprint density at radius 2 is 2.00 bits per heavy atom. The van der Waals surface area contributed by atoms with Gasteiger partial charge in [0.2, 0.25) is 0 Å². The number of rotatable bonds is 7. The third-order valence-electron chi connectivity index (χ3n) is 2.80. The zero-order valence-corrected chi connectivity index (χ0v) is 10.0. The lowest BCUT2D eigenvalue weighted by atomic mass is 9.99. The van der Waals surface area contributed by atoms with E-state index in [1.54, 1.807) is 0 Å². The number of likely N-dealkylation sites (N-methyl/N-ethyl adjacent to an activating group) is 1. The number of aliphatic carboxylic acids is 1. The van der Waals surface area contributed by atoms with E-state index in [4.69, 9.17) is 5.11 Å². The summed E-state index contributed by atoms with van der Waals surface area (Å²) in [6.45, 7) is 3.68. The van der Waals surface area contributed by atoms with Crippen LogP contribution in [0.25, 0.3) is 0 Å². The van der Waals surface area contributed by atoms with Gasteiger partial charge < -0.3 is 15.1 Å². The van der Waals surface area contributed by atoms with Gasteiger partial charge in [0.15, 0.2) is 0 Å². The lowest BCUT2D eigenvalue weighted by molar-refractivity contribution is -0.139. The van der Waals surface area contributed by atoms with Crippen molar-refractivity contribution in [3.05, 3.63) is 35.9 Å². The molecule has 0 aliphatic heterocycles. The van der Waals surface area contributed by atoms with Crippen molar-refractivity contribution >= 4 is 5.97 Å². The van der Waals surface area contributed by atoms with E-state index >= 15 is 0 Å². The molecule has 0 radical (unpaired) electrons. The molecule has 1 unspecified atom stereocenters. The average Bonchev–Trinajstić information content (AvgIpc) is 2.35. The normalized spacial score (nSPS) is 12.6. The van der Waals surface area contributed by atoms with Gasteiger partial charge in [0, 0.05) is 13.1 Å². The Morgan fingerprint density at radius 1 is 1.35 bits per heavy atom. The van der Waals surface area contributed by atoms with Gasteiger partial charge in [0.05, 0.1) is 12.5 Å². The molecule has 0 spiro atoms. The topological polar surface area (TPSA) is 60.8 Å². The molecular formula is C13H19NO3. The van der Waals surface area contributed by atoms with Crippen molar-refractivity contribution in [2.75, 3.05) is 26.2 Å². The van der Waals surface area contributed by atoms with Crippen LogP contribution in [0, 0.1) is 0 Å². The van der Waals surface area contributed by atoms with Gasteiger partial charge in [-0.1, -0.05) is 37.3 Å². The lowest BCUT2D eigenvalue weighted by Gasteiger charge is -2.23. The minimum absolute atomic E-state index is 0.0506. The molecule has 17 heavy (non-hydrogen) atoms. The van der Waals surface area contributed by atoms with Gasteiger partial charge in [-0.15, -0.1) is 0 Å². The van der Waals surface area contributed by atoms with Crippen LogP contribution in [-0.2, 0) is 4.79 Å². The number of benzene rings is 1. The molecule has 1 aromatic rings. The molecule has 0 bridgehead atoms. The predicted octanol–water partition coefficient (Wildman–Crippen LogP) is 1.17. The Balaban J connectivity index is 2.77. The molecule has 0 saturated heterocycles. The third-order valence-corrected chi connectivity index (χ3v) is 2.80. The van der Waals surface area contributed by atoms with Crippen LogP contribution in [0.15, 0.2) is 30.3 Å². The second-order valence-electron chi connectivity index (χ2n) is 3.92. The van der Waals surface area contributed by atoms with Crippen LogP contribution in [0.3, 0.4) is 0 Å². The van der Waals surface area contributed by atoms with E-state index in [0.29, 0.717) is 13.1 Å². The average molecular weight is 237 g/mol. The quantitative estimate of drug-likeness (QED) is 0.747. The molecule has 4 heteroatoms. The van der Waals surface area contributed by atoms with Crippen LogP contribution in [0.1, 0.15) is 18.4 Å². The van der Waals surface area contributed by atoms with Crippen molar-refractivity contribution in [3.8, 4) is 0 Å². The number of hydrogen-bond donors (Lipinski definition) is 2. The Bertz CT molecular complexity index is 340. The summed E-state index contributed by atoms with van der Waals surface area (Å²) in [4.78, 5) is 13.2. The van der Waals surface area contributed by atoms with Crippen LogP contribution in [0.4, 0.5) is 0 Å². The molecular weight excluding hydrogens is 218 g/mol. The molecule has 0 saturated carbocycles. The summed E-state index contributed by atoms with van der Waals surface area (Å²) in [5.74, 6) is -1.37. The lowest BCUT2D eigenvalue weighted by Crippen LogP contribution is -2.33. The molecule has 0 fully saturated rings. The first-order valence-corrected chi connectivity index (χ1v) is 5.80. The molecule has 2 N–H and O–H groups in total. The van der Waals surface area contributed by atoms with E-state index in [1.807, 2.05) is 42.2 Å². The molecule has 0 aliphatic rings. The maximum absolute atomic E-state index is 11.3. The summed E-state index contributed by atoms with van der Waals surface area (Å²) in [6, 6.07) is 9.20. The van der Waals surface area contributed by atoms with Crippen LogP contribution in [-0.4, -0.2) is 47.3 Å². The molecule has 0 amide bonds. The smallest absolute Gasteiger partial charge is 0.312 e. The Labute approximate surface area is 101 Å². The van der Waals surface area contributed by atoms with Crippen molar-refractivity contribution in [3.63, 3.8) is 0 Å². The highest BCUT2D eigenvalue weighted by molar-refractivity contribution is 5.76. The van der Waals surface area contributed by atoms with Gasteiger partial charge in [-0.3, -0.25) is 4.79 Å². The summed E-state index contributed by atoms with van der Waals surface area (Å²) in [5, 5.41) is 18.2. The summed E-state index contributed by atoms with van der Waals surface area (Å²) >= 11 is 0. The summed E-state index contributed by atoms with van der Waals surface area (Å²) in [5.41, 5.74) is 0.802. The molecule has 1 atom stereocenters. The van der Waals surface area contributed by atoms with Crippen molar-refractivity contribution in [2.45, 2.75) is 12.8 Å². The van der Waals surface area contributed by atoms with E-state index in [-0.39, 0.29) is 6.61 Å². The fourth-order valence-corrected chi connectivity index (χ4v) is 1.79. The maximum Gasteiger partial charge on any atom is 0.312 e. The van der Waals surface area contributed by atoms with Gasteiger partial charge in [-0.2, -0.15) is 0 Å². The Hall–Kier alpha value is -1.39. The van der Waals surface area contributed by atoms with Crippen molar-refractivity contribution < 1.29 is 15.0 Å². The van der Waals surface area contributed by atoms with E-state index in [1.165, 1.54) is 0 Å². The Morgan fingerprint density at radius 3 is 2.47 bits per heavy atom. The first kappa shape index (κ1) is 13.7. The largest absolute Gasteiger partial charge is 0.481 e. The van der Waals surface area contributed by atoms with Gasteiger partial charge in [-0.05, 0) is 12.1 Å². The zero-order chi connectivity index (χ0) is 12.7. The second kappa shape index (κ2) is 7.04. The Kier molecular flexibility index (Phi) is 5.66. The maximum atomic E-state index is 11.3. The number of hydrogen-bond acceptors (Lipinski definition) is 3. The fourth-order valence-electron chi connectivity index (χ4n) is 1.79. The molecule has 4 nitrogen and oxygen atoms in total. The minimum atomic E-state index is -0.826. The first-order chi connectivity index (χ1) is 8.19. The highest BCUT2D eigenvalue weighted by Crippen LogP contribution is 2.17. The van der Waals surface area contributed by atoms with Crippen LogP contribution >= 0.6 is 0 Å². The SMILES string of the molecule is CCN(CCO)CC(C(=O)O)c1ccccc1. The summed E-state index contributed by atoms with van der Waals surface area (Å²) in [6.07, 6.45) is 0. The van der Waals surface area contributed by atoms with E-state index in [0.717, 1.165) is 12.1 Å². The number of carbonyl (C=O) groups is 1. The monoisotopic (exact) mass is 237 g/mol. The third kappa shape index (κ3) is 4.17. The number of aliphatic hydroxyl groups excluding tert-OH is 1. The highest BCUT2D eigenvalue weighted by Gasteiger charge is 2.21. The minimum Gasteiger partial charge on any atom is -0.481 e. The highest BCUT2D eigenvalue weighted by atomic mass is 16.4. The predicted molar refractivity (Wildman–Crippen MR) is 66.0 cm³/mol. The molecule has 0 heterocycles. The van der Waals surface area contributed by atoms with E-state index in [2.05, 4.69) is 0 Å². The first-order valence-electron chi connectivity index (χ1n) is 5.80. The number of carboxylic acids is 1. The van der Waals surface area contributed by atoms with E-state index < -0.39 is 11.9 Å². The number of aliphatic hydroxyl groups is 1. The van der Waals surface area contributed by atoms with Crippen molar-refractivity contribution in [2.24, 2.45) is 0 Å². The second-order valence-corrected chi connectivity index (χ2v) is 3.92. The summed E-state index contributed by atoms with van der Waals surface area (Å²) < 4.78 is 0. The van der Waals surface area contributed by atoms with Crippen LogP contribution < -0.4 is 0 Å². The molecule has 0 aliphatic carbocycles. The molecule has 1 rings (SSSR count). The number of nitrogens with zero attached hydrogens (tertiary/aromatic N) is 1. The van der Waals surface area contributed by atoms with Crippen molar-refractivity contribution in [1.29, 1.82) is 0 Å². The molecule has 94 valence electrons. The van der Waals surface area contributed by atoms with Gasteiger partial charge in [0.1, 0.15) is 0 Å². The van der Waals surface area contributed by atoms with Crippen LogP contribution in [0.5, 0.6) is 0 Å². The van der Waals surface area contributed by atoms with E-state index in [9.17, 15) is 9.90 Å². The number of carboxylic acid groups (broad SMARTS) is 1. The zero-order valence-electron chi connectivity index (χ0n) is 10.0. The fraction of sp³-hybridized carbons (Fsp3) is 0.462. The summed E-state index contributed by atoms with van der Waals surface area (Å²) in [7, 11) is 0. The van der Waals surface area contributed by atoms with Gasteiger partial charge in [-0.25, -0.2) is 0 Å². The van der Waals surface area contributed by atoms with Gasteiger partial charge in [0.25, 0.3) is 0 Å². The molecule has 1 aromatic carbocycles. The standard InChI is InChI=1S/C13H19NO3/c1-2-14(8-9-15)10-12(13(16)17)11-6-4-3-5-7-11/h3-7,12,15H,2,8-10H2,1H3,(H,16,17). The molecule has 0 aromatic heterocycles. The van der Waals surface area contributed by atoms with Crippen LogP contribution in [0.2, 0.25) is 0 Å².